The van der Waals surface area contributed by atoms with Gasteiger partial charge in [-0.3, -0.25) is 0 Å². The molecular formula is C10H11NO3. The van der Waals surface area contributed by atoms with Crippen LogP contribution in [0.3, 0.4) is 0 Å². The SMILES string of the molecule is C=Cc1ccc(C(=O)OCC)nc1O. The average molecular weight is 193 g/mol. The average Bonchev–Trinajstić information content (AvgIpc) is 2.18. The molecule has 1 rings (SSSR count). The molecule has 74 valence electrons. The Morgan fingerprint density at radius 1 is 1.71 bits per heavy atom. The van der Waals surface area contributed by atoms with E-state index in [-0.39, 0.29) is 18.2 Å². The Morgan fingerprint density at radius 3 is 2.93 bits per heavy atom. The molecule has 0 fully saturated rings. The summed E-state index contributed by atoms with van der Waals surface area (Å²) in [5.41, 5.74) is 0.577. The minimum Gasteiger partial charge on any atom is -0.493 e. The Balaban J connectivity index is 2.96. The molecule has 0 aromatic carbocycles. The van der Waals surface area contributed by atoms with Gasteiger partial charge in [0.2, 0.25) is 5.88 Å². The Hall–Kier alpha value is -1.84. The molecule has 0 atom stereocenters. The predicted molar refractivity (Wildman–Crippen MR) is 51.9 cm³/mol. The highest BCUT2D eigenvalue weighted by molar-refractivity contribution is 5.87. The van der Waals surface area contributed by atoms with Gasteiger partial charge < -0.3 is 9.84 Å². The molecule has 0 aliphatic heterocycles. The zero-order chi connectivity index (χ0) is 10.6. The van der Waals surface area contributed by atoms with Crippen LogP contribution in [-0.4, -0.2) is 22.7 Å². The maximum Gasteiger partial charge on any atom is 0.357 e. The van der Waals surface area contributed by atoms with Crippen molar-refractivity contribution < 1.29 is 14.6 Å². The predicted octanol–water partition coefficient (Wildman–Crippen LogP) is 1.61. The number of carbonyl (C=O) groups is 1. The number of aromatic hydroxyl groups is 1. The van der Waals surface area contributed by atoms with Gasteiger partial charge in [0.25, 0.3) is 0 Å². The van der Waals surface area contributed by atoms with Crippen LogP contribution in [0, 0.1) is 0 Å². The van der Waals surface area contributed by atoms with Gasteiger partial charge in [-0.25, -0.2) is 9.78 Å². The first-order valence-corrected chi connectivity index (χ1v) is 4.18. The maximum absolute atomic E-state index is 11.2. The summed E-state index contributed by atoms with van der Waals surface area (Å²) in [6, 6.07) is 3.04. The van der Waals surface area contributed by atoms with Gasteiger partial charge in [-0.2, -0.15) is 0 Å². The second-order valence-electron chi connectivity index (χ2n) is 2.53. The van der Waals surface area contributed by atoms with Gasteiger partial charge in [-0.05, 0) is 19.1 Å². The number of esters is 1. The monoisotopic (exact) mass is 193 g/mol. The summed E-state index contributed by atoms with van der Waals surface area (Å²) < 4.78 is 4.72. The quantitative estimate of drug-likeness (QED) is 0.741. The molecule has 0 spiro atoms. The van der Waals surface area contributed by atoms with E-state index in [2.05, 4.69) is 11.6 Å². The maximum atomic E-state index is 11.2. The minimum atomic E-state index is -0.543. The van der Waals surface area contributed by atoms with Crippen LogP contribution < -0.4 is 0 Å². The second kappa shape index (κ2) is 4.41. The van der Waals surface area contributed by atoms with Gasteiger partial charge in [0, 0.05) is 5.56 Å². The minimum absolute atomic E-state index is 0.0925. The number of ether oxygens (including phenoxy) is 1. The number of aromatic nitrogens is 1. The van der Waals surface area contributed by atoms with Crippen LogP contribution >= 0.6 is 0 Å². The smallest absolute Gasteiger partial charge is 0.357 e. The molecule has 4 nitrogen and oxygen atoms in total. The van der Waals surface area contributed by atoms with Crippen LogP contribution in [0.15, 0.2) is 18.7 Å². The first-order valence-electron chi connectivity index (χ1n) is 4.18. The summed E-state index contributed by atoms with van der Waals surface area (Å²) in [5.74, 6) is -0.760. The fourth-order valence-corrected chi connectivity index (χ4v) is 0.937. The number of rotatable bonds is 3. The Labute approximate surface area is 81.9 Å². The van der Waals surface area contributed by atoms with Crippen molar-refractivity contribution in [1.82, 2.24) is 4.98 Å². The number of carbonyl (C=O) groups excluding carboxylic acids is 1. The summed E-state index contributed by atoms with van der Waals surface area (Å²) >= 11 is 0. The lowest BCUT2D eigenvalue weighted by Crippen LogP contribution is -2.06. The first kappa shape index (κ1) is 10.2. The van der Waals surface area contributed by atoms with Crippen LogP contribution in [0.5, 0.6) is 5.88 Å². The van der Waals surface area contributed by atoms with Crippen molar-refractivity contribution in [3.8, 4) is 5.88 Å². The van der Waals surface area contributed by atoms with E-state index >= 15 is 0 Å². The van der Waals surface area contributed by atoms with Crippen LogP contribution in [0.2, 0.25) is 0 Å². The number of pyridine rings is 1. The van der Waals surface area contributed by atoms with E-state index in [4.69, 9.17) is 4.74 Å². The standard InChI is InChI=1S/C10H11NO3/c1-3-7-5-6-8(11-9(7)12)10(13)14-4-2/h3,5-6H,1,4H2,2H3,(H,11,12). The van der Waals surface area contributed by atoms with E-state index in [1.807, 2.05) is 0 Å². The molecule has 0 saturated carbocycles. The Kier molecular flexibility index (Phi) is 3.23. The topological polar surface area (TPSA) is 59.4 Å². The molecule has 1 N–H and O–H groups in total. The third-order valence-electron chi connectivity index (χ3n) is 1.61. The van der Waals surface area contributed by atoms with Crippen molar-refractivity contribution >= 4 is 12.0 Å². The van der Waals surface area contributed by atoms with Gasteiger partial charge >= 0.3 is 5.97 Å². The lowest BCUT2D eigenvalue weighted by Gasteiger charge is -2.02. The van der Waals surface area contributed by atoms with Crippen molar-refractivity contribution in [3.05, 3.63) is 30.0 Å². The second-order valence-corrected chi connectivity index (χ2v) is 2.53. The van der Waals surface area contributed by atoms with Crippen LogP contribution in [0.25, 0.3) is 6.08 Å². The summed E-state index contributed by atoms with van der Waals surface area (Å²) in [6.07, 6.45) is 1.46. The lowest BCUT2D eigenvalue weighted by atomic mass is 10.2. The first-order chi connectivity index (χ1) is 6.69. The summed E-state index contributed by atoms with van der Waals surface area (Å²) in [7, 11) is 0. The summed E-state index contributed by atoms with van der Waals surface area (Å²) in [6.45, 7) is 5.47. The van der Waals surface area contributed by atoms with Gasteiger partial charge in [0.05, 0.1) is 6.61 Å². The largest absolute Gasteiger partial charge is 0.493 e. The normalized spacial score (nSPS) is 9.50. The third kappa shape index (κ3) is 2.10. The highest BCUT2D eigenvalue weighted by Gasteiger charge is 2.10. The van der Waals surface area contributed by atoms with Gasteiger partial charge in [0.1, 0.15) is 0 Å². The zero-order valence-corrected chi connectivity index (χ0v) is 7.86. The molecular weight excluding hydrogens is 182 g/mol. The number of nitrogens with zero attached hydrogens (tertiary/aromatic N) is 1. The highest BCUT2D eigenvalue weighted by Crippen LogP contribution is 2.15. The third-order valence-corrected chi connectivity index (χ3v) is 1.61. The molecule has 0 aliphatic rings. The van der Waals surface area contributed by atoms with Crippen LogP contribution in [0.4, 0.5) is 0 Å². The van der Waals surface area contributed by atoms with Crippen molar-refractivity contribution in [3.63, 3.8) is 0 Å². The van der Waals surface area contributed by atoms with Gasteiger partial charge in [0.15, 0.2) is 5.69 Å². The number of hydrogen-bond donors (Lipinski definition) is 1. The number of hydrogen-bond acceptors (Lipinski definition) is 4. The van der Waals surface area contributed by atoms with E-state index in [0.717, 1.165) is 0 Å². The van der Waals surface area contributed by atoms with E-state index in [1.165, 1.54) is 12.1 Å². The van der Waals surface area contributed by atoms with Crippen molar-refractivity contribution in [2.75, 3.05) is 6.61 Å². The van der Waals surface area contributed by atoms with Crippen LogP contribution in [-0.2, 0) is 4.74 Å². The Morgan fingerprint density at radius 2 is 2.43 bits per heavy atom. The van der Waals surface area contributed by atoms with E-state index in [1.54, 1.807) is 13.0 Å². The molecule has 14 heavy (non-hydrogen) atoms. The lowest BCUT2D eigenvalue weighted by molar-refractivity contribution is 0.0518. The van der Waals surface area contributed by atoms with E-state index < -0.39 is 5.97 Å². The molecule has 1 aromatic heterocycles. The molecule has 0 unspecified atom stereocenters. The molecule has 4 heteroatoms. The van der Waals surface area contributed by atoms with Crippen molar-refractivity contribution in [2.24, 2.45) is 0 Å². The van der Waals surface area contributed by atoms with Crippen molar-refractivity contribution in [1.29, 1.82) is 0 Å². The fraction of sp³-hybridized carbons (Fsp3) is 0.200. The van der Waals surface area contributed by atoms with Crippen LogP contribution in [0.1, 0.15) is 23.0 Å². The van der Waals surface area contributed by atoms with Crippen molar-refractivity contribution in [2.45, 2.75) is 6.92 Å². The Bertz CT molecular complexity index is 360. The van der Waals surface area contributed by atoms with E-state index in [9.17, 15) is 9.90 Å². The molecule has 1 heterocycles. The molecule has 0 aliphatic carbocycles. The molecule has 0 saturated heterocycles. The molecule has 0 amide bonds. The van der Waals surface area contributed by atoms with E-state index in [0.29, 0.717) is 5.56 Å². The molecule has 1 aromatic rings. The summed E-state index contributed by atoms with van der Waals surface area (Å²) in [5, 5.41) is 9.32. The highest BCUT2D eigenvalue weighted by atomic mass is 16.5. The fourth-order valence-electron chi connectivity index (χ4n) is 0.937. The molecule has 0 bridgehead atoms. The zero-order valence-electron chi connectivity index (χ0n) is 7.86. The van der Waals surface area contributed by atoms with Gasteiger partial charge in [-0.15, -0.1) is 0 Å². The molecule has 0 radical (unpaired) electrons. The summed E-state index contributed by atoms with van der Waals surface area (Å²) in [4.78, 5) is 14.8. The van der Waals surface area contributed by atoms with Gasteiger partial charge in [-0.1, -0.05) is 12.7 Å².